The summed E-state index contributed by atoms with van der Waals surface area (Å²) in [6.45, 7) is 0. The number of cyclic esters (lactones) is 4. The van der Waals surface area contributed by atoms with Gasteiger partial charge >= 0.3 is 29.8 Å². The molecule has 5 rings (SSSR count). The van der Waals surface area contributed by atoms with Gasteiger partial charge in [-0.25, -0.2) is 24.0 Å². The number of benzene rings is 2. The Hall–Kier alpha value is -4.34. The van der Waals surface area contributed by atoms with E-state index in [2.05, 4.69) is 9.47 Å². The highest BCUT2D eigenvalue weighted by Gasteiger charge is 2.43. The highest BCUT2D eigenvalue weighted by Crippen LogP contribution is 2.38. The molecule has 3 aliphatic heterocycles. The van der Waals surface area contributed by atoms with E-state index in [-0.39, 0.29) is 41.0 Å². The molecule has 1 saturated heterocycles. The van der Waals surface area contributed by atoms with Crippen LogP contribution in [0.3, 0.4) is 0 Å². The van der Waals surface area contributed by atoms with Gasteiger partial charge in [0.15, 0.2) is 0 Å². The Bertz CT molecular complexity index is 1220. The first-order valence-electron chi connectivity index (χ1n) is 10.00. The Morgan fingerprint density at radius 1 is 0.848 bits per heavy atom. The van der Waals surface area contributed by atoms with E-state index in [1.807, 2.05) is 0 Å². The first kappa shape index (κ1) is 20.6. The highest BCUT2D eigenvalue weighted by molar-refractivity contribution is 6.15. The maximum atomic E-state index is 12.9. The van der Waals surface area contributed by atoms with E-state index in [4.69, 9.17) is 4.74 Å². The van der Waals surface area contributed by atoms with Crippen molar-refractivity contribution >= 4 is 35.8 Å². The van der Waals surface area contributed by atoms with Crippen LogP contribution >= 0.6 is 0 Å². The number of likely N-dealkylation sites (tertiary alicyclic amines) is 1. The molecule has 0 saturated carbocycles. The Balaban J connectivity index is 1.69. The molecule has 33 heavy (non-hydrogen) atoms. The van der Waals surface area contributed by atoms with Crippen LogP contribution in [-0.2, 0) is 23.8 Å². The number of ether oxygens (including phenoxy) is 3. The van der Waals surface area contributed by atoms with Crippen LogP contribution in [0.15, 0.2) is 36.4 Å². The van der Waals surface area contributed by atoms with Crippen molar-refractivity contribution in [3.63, 3.8) is 0 Å². The molecule has 0 spiro atoms. The summed E-state index contributed by atoms with van der Waals surface area (Å²) in [6.07, 6.45) is 0.312. The maximum Gasteiger partial charge on any atom is 0.346 e. The maximum absolute atomic E-state index is 12.9. The van der Waals surface area contributed by atoms with Crippen LogP contribution in [0.1, 0.15) is 71.4 Å². The summed E-state index contributed by atoms with van der Waals surface area (Å²) in [5.74, 6) is -4.15. The fourth-order valence-electron chi connectivity index (χ4n) is 4.45. The summed E-state index contributed by atoms with van der Waals surface area (Å²) < 4.78 is 14.2. The molecule has 10 nitrogen and oxygen atoms in total. The second kappa shape index (κ2) is 7.37. The molecule has 2 aromatic carbocycles. The number of carbonyl (C=O) groups excluding carboxylic acids is 6. The van der Waals surface area contributed by atoms with Gasteiger partial charge in [-0.3, -0.25) is 4.79 Å². The summed E-state index contributed by atoms with van der Waals surface area (Å²) in [7, 11) is 1.21. The molecule has 1 atom stereocenters. The van der Waals surface area contributed by atoms with E-state index in [0.717, 1.165) is 0 Å². The van der Waals surface area contributed by atoms with Gasteiger partial charge in [-0.2, -0.15) is 0 Å². The minimum absolute atomic E-state index is 0.0273. The topological polar surface area (TPSA) is 133 Å². The number of carbonyl (C=O) groups is 6. The van der Waals surface area contributed by atoms with E-state index >= 15 is 0 Å². The molecule has 0 aliphatic carbocycles. The molecule has 1 fully saturated rings. The van der Waals surface area contributed by atoms with Crippen molar-refractivity contribution < 1.29 is 43.0 Å². The Labute approximate surface area is 186 Å². The van der Waals surface area contributed by atoms with Gasteiger partial charge in [-0.05, 0) is 41.8 Å². The van der Waals surface area contributed by atoms with Gasteiger partial charge in [-0.15, -0.1) is 0 Å². The fraction of sp³-hybridized carbons (Fsp3) is 0.217. The molecule has 2 aromatic rings. The van der Waals surface area contributed by atoms with E-state index < -0.39 is 41.9 Å². The van der Waals surface area contributed by atoms with Crippen LogP contribution in [0.25, 0.3) is 0 Å². The van der Waals surface area contributed by atoms with Crippen LogP contribution in [0.5, 0.6) is 0 Å². The number of rotatable bonds is 4. The zero-order valence-electron chi connectivity index (χ0n) is 17.2. The molecular formula is C23H15NO9. The van der Waals surface area contributed by atoms with Gasteiger partial charge < -0.3 is 19.1 Å². The van der Waals surface area contributed by atoms with Crippen LogP contribution in [0.2, 0.25) is 0 Å². The van der Waals surface area contributed by atoms with Gasteiger partial charge in [0.05, 0.1) is 35.4 Å². The van der Waals surface area contributed by atoms with Gasteiger partial charge in [0, 0.05) is 6.42 Å². The summed E-state index contributed by atoms with van der Waals surface area (Å²) in [5.41, 5.74) is 1.04. The van der Waals surface area contributed by atoms with E-state index in [0.29, 0.717) is 11.1 Å². The molecular weight excluding hydrogens is 434 g/mol. The zero-order valence-corrected chi connectivity index (χ0v) is 17.2. The Kier molecular flexibility index (Phi) is 4.59. The lowest BCUT2D eigenvalue weighted by molar-refractivity contribution is -0.150. The summed E-state index contributed by atoms with van der Waals surface area (Å²) in [5, 5.41) is 0. The summed E-state index contributed by atoms with van der Waals surface area (Å²) in [6, 6.07) is 6.91. The van der Waals surface area contributed by atoms with Gasteiger partial charge in [-0.1, -0.05) is 12.1 Å². The average molecular weight is 449 g/mol. The van der Waals surface area contributed by atoms with Crippen molar-refractivity contribution in [1.29, 1.82) is 0 Å². The number of hydrogen-bond donors (Lipinski definition) is 0. The van der Waals surface area contributed by atoms with E-state index in [1.54, 1.807) is 12.1 Å². The standard InChI is InChI=1S/C23H15NO9/c1-31-23(30)16-6-7-17(25)24(16)18(10-2-4-12-14(8-10)21(28)32-19(12)26)11-3-5-13-15(9-11)22(29)33-20(13)27/h2-5,8-9,16,18H,6-7H2,1H3. The predicted octanol–water partition coefficient (Wildman–Crippen LogP) is 1.56. The van der Waals surface area contributed by atoms with Crippen molar-refractivity contribution in [2.24, 2.45) is 0 Å². The second-order valence-corrected chi connectivity index (χ2v) is 7.75. The largest absolute Gasteiger partial charge is 0.467 e. The number of nitrogens with zero attached hydrogens (tertiary/aromatic N) is 1. The smallest absolute Gasteiger partial charge is 0.346 e. The van der Waals surface area contributed by atoms with Crippen LogP contribution in [0.4, 0.5) is 0 Å². The number of methoxy groups -OCH3 is 1. The molecule has 3 aliphatic rings. The van der Waals surface area contributed by atoms with Crippen LogP contribution in [-0.4, -0.2) is 53.8 Å². The van der Waals surface area contributed by atoms with Crippen molar-refractivity contribution in [1.82, 2.24) is 4.90 Å². The van der Waals surface area contributed by atoms with Crippen LogP contribution < -0.4 is 0 Å². The molecule has 0 aromatic heterocycles. The lowest BCUT2D eigenvalue weighted by Gasteiger charge is -2.33. The third-order valence-electron chi connectivity index (χ3n) is 5.98. The van der Waals surface area contributed by atoms with Crippen molar-refractivity contribution in [2.75, 3.05) is 7.11 Å². The molecule has 0 N–H and O–H groups in total. The minimum atomic E-state index is -0.924. The summed E-state index contributed by atoms with van der Waals surface area (Å²) in [4.78, 5) is 74.7. The molecule has 0 bridgehead atoms. The number of esters is 5. The monoisotopic (exact) mass is 449 g/mol. The fourth-order valence-corrected chi connectivity index (χ4v) is 4.45. The first-order chi connectivity index (χ1) is 15.8. The second-order valence-electron chi connectivity index (χ2n) is 7.75. The molecule has 3 heterocycles. The number of fused-ring (bicyclic) bond motifs is 2. The van der Waals surface area contributed by atoms with Crippen LogP contribution in [0, 0.1) is 0 Å². The van der Waals surface area contributed by atoms with E-state index in [9.17, 15) is 28.8 Å². The third kappa shape index (κ3) is 3.10. The van der Waals surface area contributed by atoms with Crippen molar-refractivity contribution in [2.45, 2.75) is 24.9 Å². The van der Waals surface area contributed by atoms with Gasteiger partial charge in [0.2, 0.25) is 5.91 Å². The molecule has 166 valence electrons. The highest BCUT2D eigenvalue weighted by atomic mass is 16.6. The molecule has 1 amide bonds. The lowest BCUT2D eigenvalue weighted by atomic mass is 9.91. The van der Waals surface area contributed by atoms with E-state index in [1.165, 1.54) is 36.3 Å². The van der Waals surface area contributed by atoms with Crippen molar-refractivity contribution in [3.8, 4) is 0 Å². The predicted molar refractivity (Wildman–Crippen MR) is 106 cm³/mol. The Morgan fingerprint density at radius 2 is 1.33 bits per heavy atom. The third-order valence-corrected chi connectivity index (χ3v) is 5.98. The summed E-state index contributed by atoms with van der Waals surface area (Å²) >= 11 is 0. The van der Waals surface area contributed by atoms with Gasteiger partial charge in [0.25, 0.3) is 0 Å². The quantitative estimate of drug-likeness (QED) is 0.387. The Morgan fingerprint density at radius 3 is 1.82 bits per heavy atom. The van der Waals surface area contributed by atoms with Crippen molar-refractivity contribution in [3.05, 3.63) is 69.8 Å². The average Bonchev–Trinajstić information content (AvgIpc) is 3.42. The normalized spacial score (nSPS) is 19.0. The first-order valence-corrected chi connectivity index (χ1v) is 10.00. The lowest BCUT2D eigenvalue weighted by Crippen LogP contribution is -2.42. The molecule has 10 heteroatoms. The van der Waals surface area contributed by atoms with Gasteiger partial charge in [0.1, 0.15) is 6.04 Å². The minimum Gasteiger partial charge on any atom is -0.467 e. The number of hydrogen-bond acceptors (Lipinski definition) is 9. The molecule has 0 radical (unpaired) electrons. The molecule has 1 unspecified atom stereocenters. The SMILES string of the molecule is COC(=O)C1CCC(=O)N1C(c1ccc2c(c1)C(=O)OC2=O)c1ccc2c(c1)C(=O)OC2=O. The zero-order chi connectivity index (χ0) is 23.4. The number of amides is 1.